The molecule has 0 aromatic carbocycles. The molecule has 0 saturated carbocycles. The minimum Gasteiger partial charge on any atom is -0.332 e. The molecule has 1 atom stereocenters. The van der Waals surface area contributed by atoms with Gasteiger partial charge in [-0.25, -0.2) is 14.2 Å². The van der Waals surface area contributed by atoms with Crippen LogP contribution in [-0.4, -0.2) is 34.2 Å². The minimum absolute atomic E-state index is 0.112. The topological polar surface area (TPSA) is 142 Å². The van der Waals surface area contributed by atoms with Crippen LogP contribution in [0.4, 0.5) is 4.39 Å². The summed E-state index contributed by atoms with van der Waals surface area (Å²) in [5.74, 6) is 0.574. The van der Waals surface area contributed by atoms with Crippen molar-refractivity contribution >= 4 is 11.0 Å². The highest BCUT2D eigenvalue weighted by molar-refractivity contribution is 5.72. The molecule has 4 heterocycles. The molecule has 1 unspecified atom stereocenters. The molecule has 11 nitrogen and oxygen atoms in total. The molecule has 12 heteroatoms. The number of aryl methyl sites for hydroxylation is 2. The lowest BCUT2D eigenvalue weighted by atomic mass is 10.2. The standard InChI is InChI=1S/C24H28FN7O4/c1-3-4-8-13-31-19-18(28-20(15(2)25)29-21(19)33)23(34)32(24(31)35)14-9-6-11-17-27-22(36-30-17)16-10-5-7-12-26-16/h5,7,10,12,15H,3-4,6,8-9,11,13-14H2,1-2H3,(H,28,29,33). The van der Waals surface area contributed by atoms with Crippen LogP contribution >= 0.6 is 0 Å². The van der Waals surface area contributed by atoms with Crippen molar-refractivity contribution in [1.82, 2.24) is 34.2 Å². The van der Waals surface area contributed by atoms with Crippen molar-refractivity contribution in [3.8, 4) is 11.6 Å². The van der Waals surface area contributed by atoms with Crippen LogP contribution in [0.15, 0.2) is 43.3 Å². The lowest BCUT2D eigenvalue weighted by Crippen LogP contribution is -2.42. The highest BCUT2D eigenvalue weighted by Gasteiger charge is 2.20. The largest absolute Gasteiger partial charge is 0.332 e. The predicted molar refractivity (Wildman–Crippen MR) is 130 cm³/mol. The van der Waals surface area contributed by atoms with Crippen LogP contribution in [-0.2, 0) is 19.5 Å². The fourth-order valence-electron chi connectivity index (χ4n) is 3.95. The zero-order valence-corrected chi connectivity index (χ0v) is 20.2. The van der Waals surface area contributed by atoms with Crippen molar-refractivity contribution in [3.63, 3.8) is 0 Å². The van der Waals surface area contributed by atoms with Gasteiger partial charge in [0.25, 0.3) is 17.0 Å². The molecule has 4 aromatic heterocycles. The Balaban J connectivity index is 1.57. The van der Waals surface area contributed by atoms with Crippen LogP contribution in [0.2, 0.25) is 0 Å². The second kappa shape index (κ2) is 11.2. The quantitative estimate of drug-likeness (QED) is 0.312. The van der Waals surface area contributed by atoms with E-state index in [0.29, 0.717) is 43.1 Å². The molecule has 0 bridgehead atoms. The second-order valence-electron chi connectivity index (χ2n) is 8.55. The predicted octanol–water partition coefficient (Wildman–Crippen LogP) is 2.94. The van der Waals surface area contributed by atoms with Gasteiger partial charge in [-0.3, -0.25) is 23.7 Å². The fraction of sp³-hybridized carbons (Fsp3) is 0.458. The van der Waals surface area contributed by atoms with Gasteiger partial charge in [-0.05, 0) is 38.3 Å². The summed E-state index contributed by atoms with van der Waals surface area (Å²) in [6.07, 6.45) is 4.02. The average Bonchev–Trinajstić information content (AvgIpc) is 3.35. The molecule has 0 amide bonds. The first-order valence-corrected chi connectivity index (χ1v) is 12.1. The Morgan fingerprint density at radius 3 is 2.56 bits per heavy atom. The zero-order chi connectivity index (χ0) is 25.7. The number of rotatable bonds is 11. The molecule has 4 aromatic rings. The normalized spacial score (nSPS) is 12.3. The number of nitrogens with zero attached hydrogens (tertiary/aromatic N) is 6. The Morgan fingerprint density at radius 2 is 1.83 bits per heavy atom. The summed E-state index contributed by atoms with van der Waals surface area (Å²) in [5, 5.41) is 3.96. The molecule has 190 valence electrons. The molecule has 0 saturated heterocycles. The first-order valence-electron chi connectivity index (χ1n) is 12.1. The maximum Gasteiger partial charge on any atom is 0.331 e. The van der Waals surface area contributed by atoms with Crippen LogP contribution in [0.5, 0.6) is 0 Å². The van der Waals surface area contributed by atoms with E-state index in [1.54, 1.807) is 18.3 Å². The summed E-state index contributed by atoms with van der Waals surface area (Å²) in [4.78, 5) is 54.0. The van der Waals surface area contributed by atoms with Gasteiger partial charge in [0.1, 0.15) is 17.0 Å². The smallest absolute Gasteiger partial charge is 0.331 e. The summed E-state index contributed by atoms with van der Waals surface area (Å²) in [6.45, 7) is 3.62. The first-order chi connectivity index (χ1) is 17.4. The number of aromatic amines is 1. The Labute approximate surface area is 205 Å². The molecule has 0 aliphatic heterocycles. The number of hydrogen-bond donors (Lipinski definition) is 1. The van der Waals surface area contributed by atoms with Crippen LogP contribution in [0.3, 0.4) is 0 Å². The highest BCUT2D eigenvalue weighted by Crippen LogP contribution is 2.15. The van der Waals surface area contributed by atoms with E-state index in [4.69, 9.17) is 4.52 Å². The molecule has 0 aliphatic rings. The van der Waals surface area contributed by atoms with Crippen molar-refractivity contribution in [3.05, 3.63) is 67.2 Å². The van der Waals surface area contributed by atoms with Gasteiger partial charge in [0.05, 0.1) is 0 Å². The average molecular weight is 498 g/mol. The van der Waals surface area contributed by atoms with Crippen molar-refractivity contribution < 1.29 is 8.91 Å². The summed E-state index contributed by atoms with van der Waals surface area (Å²) in [6, 6.07) is 5.38. The van der Waals surface area contributed by atoms with Gasteiger partial charge in [-0.2, -0.15) is 4.98 Å². The summed E-state index contributed by atoms with van der Waals surface area (Å²) in [5.41, 5.74) is -1.71. The Bertz CT molecular complexity index is 1510. The summed E-state index contributed by atoms with van der Waals surface area (Å²) in [7, 11) is 0. The van der Waals surface area contributed by atoms with Gasteiger partial charge in [0, 0.05) is 25.7 Å². The molecule has 1 N–H and O–H groups in total. The van der Waals surface area contributed by atoms with Crippen molar-refractivity contribution in [2.75, 3.05) is 0 Å². The Morgan fingerprint density at radius 1 is 1.06 bits per heavy atom. The zero-order valence-electron chi connectivity index (χ0n) is 20.2. The van der Waals surface area contributed by atoms with Crippen molar-refractivity contribution in [1.29, 1.82) is 0 Å². The monoisotopic (exact) mass is 497 g/mol. The van der Waals surface area contributed by atoms with Gasteiger partial charge in [0.15, 0.2) is 17.5 Å². The Kier molecular flexibility index (Phi) is 7.81. The van der Waals surface area contributed by atoms with Crippen LogP contribution in [0, 0.1) is 0 Å². The van der Waals surface area contributed by atoms with E-state index >= 15 is 0 Å². The molecular weight excluding hydrogens is 469 g/mol. The molecule has 4 rings (SSSR count). The number of halogens is 1. The van der Waals surface area contributed by atoms with E-state index in [0.717, 1.165) is 17.4 Å². The van der Waals surface area contributed by atoms with E-state index in [1.807, 2.05) is 13.0 Å². The van der Waals surface area contributed by atoms with E-state index < -0.39 is 23.0 Å². The number of nitrogens with one attached hydrogen (secondary N) is 1. The third-order valence-corrected chi connectivity index (χ3v) is 5.84. The van der Waals surface area contributed by atoms with Crippen LogP contribution in [0.1, 0.15) is 63.8 Å². The molecule has 0 aliphatic carbocycles. The number of unbranched alkanes of at least 4 members (excludes halogenated alkanes) is 3. The lowest BCUT2D eigenvalue weighted by Gasteiger charge is -2.14. The van der Waals surface area contributed by atoms with E-state index in [9.17, 15) is 18.8 Å². The van der Waals surface area contributed by atoms with E-state index in [2.05, 4.69) is 25.1 Å². The number of H-pyrrole nitrogens is 1. The molecule has 0 spiro atoms. The third kappa shape index (κ3) is 5.31. The van der Waals surface area contributed by atoms with Crippen LogP contribution in [0.25, 0.3) is 22.6 Å². The van der Waals surface area contributed by atoms with Gasteiger partial charge < -0.3 is 9.51 Å². The van der Waals surface area contributed by atoms with Gasteiger partial charge in [-0.1, -0.05) is 31.0 Å². The van der Waals surface area contributed by atoms with Crippen molar-refractivity contribution in [2.45, 2.75) is 71.6 Å². The third-order valence-electron chi connectivity index (χ3n) is 5.84. The molecule has 36 heavy (non-hydrogen) atoms. The second-order valence-corrected chi connectivity index (χ2v) is 8.55. The maximum atomic E-state index is 13.9. The highest BCUT2D eigenvalue weighted by atomic mass is 19.1. The number of fused-ring (bicyclic) bond motifs is 1. The number of aromatic nitrogens is 7. The number of alkyl halides is 1. The van der Waals surface area contributed by atoms with E-state index in [1.165, 1.54) is 11.5 Å². The fourth-order valence-corrected chi connectivity index (χ4v) is 3.95. The number of pyridine rings is 1. The van der Waals surface area contributed by atoms with Gasteiger partial charge in [0.2, 0.25) is 0 Å². The van der Waals surface area contributed by atoms with Crippen LogP contribution < -0.4 is 16.8 Å². The molecule has 0 fully saturated rings. The molecule has 0 radical (unpaired) electrons. The van der Waals surface area contributed by atoms with Gasteiger partial charge >= 0.3 is 5.69 Å². The van der Waals surface area contributed by atoms with Crippen molar-refractivity contribution in [2.24, 2.45) is 0 Å². The summed E-state index contributed by atoms with van der Waals surface area (Å²) < 4.78 is 21.5. The SMILES string of the molecule is CCCCCn1c(=O)n(CCCCc2noc(-c3ccccn3)n2)c(=O)c2nc(C(C)F)[nH]c(=O)c21. The Hall–Kier alpha value is -3.96. The molecular formula is C24H28FN7O4. The van der Waals surface area contributed by atoms with Gasteiger partial charge in [-0.15, -0.1) is 0 Å². The number of hydrogen-bond acceptors (Lipinski definition) is 8. The maximum absolute atomic E-state index is 13.9. The lowest BCUT2D eigenvalue weighted by molar-refractivity contribution is 0.356. The summed E-state index contributed by atoms with van der Waals surface area (Å²) >= 11 is 0. The minimum atomic E-state index is -1.57. The van der Waals surface area contributed by atoms with E-state index in [-0.39, 0.29) is 29.9 Å². The first kappa shape index (κ1) is 25.1.